The highest BCUT2D eigenvalue weighted by atomic mass is 16.5. The molecule has 170 valence electrons. The van der Waals surface area contributed by atoms with Crippen LogP contribution in [0, 0.1) is 13.8 Å². The lowest BCUT2D eigenvalue weighted by atomic mass is 10.1. The van der Waals surface area contributed by atoms with Crippen molar-refractivity contribution in [2.24, 2.45) is 0 Å². The van der Waals surface area contributed by atoms with Gasteiger partial charge in [0.15, 0.2) is 11.9 Å². The maximum absolute atomic E-state index is 13.1. The maximum Gasteiger partial charge on any atom is 0.278 e. The molecule has 1 aliphatic rings. The van der Waals surface area contributed by atoms with Crippen LogP contribution < -0.4 is 14.4 Å². The van der Waals surface area contributed by atoms with Crippen molar-refractivity contribution in [2.45, 2.75) is 33.3 Å². The molecule has 8 nitrogen and oxygen atoms in total. The van der Waals surface area contributed by atoms with E-state index in [2.05, 4.69) is 5.10 Å². The predicted octanol–water partition coefficient (Wildman–Crippen LogP) is 3.58. The number of aromatic nitrogens is 2. The van der Waals surface area contributed by atoms with Crippen molar-refractivity contribution in [1.82, 2.24) is 9.78 Å². The zero-order valence-corrected chi connectivity index (χ0v) is 19.0. The molecule has 33 heavy (non-hydrogen) atoms. The van der Waals surface area contributed by atoms with Crippen LogP contribution in [0.25, 0.3) is 0 Å². The van der Waals surface area contributed by atoms with E-state index in [0.29, 0.717) is 40.4 Å². The van der Waals surface area contributed by atoms with Gasteiger partial charge in [-0.1, -0.05) is 6.92 Å². The molecular formula is C25H25N3O5. The van der Waals surface area contributed by atoms with Crippen molar-refractivity contribution in [3.05, 3.63) is 71.0 Å². The Morgan fingerprint density at radius 3 is 2.36 bits per heavy atom. The molecule has 2 heterocycles. The molecule has 4 rings (SSSR count). The maximum atomic E-state index is 13.1. The van der Waals surface area contributed by atoms with Crippen LogP contribution in [0.5, 0.6) is 11.5 Å². The largest absolute Gasteiger partial charge is 0.497 e. The van der Waals surface area contributed by atoms with E-state index in [1.807, 2.05) is 19.9 Å². The van der Waals surface area contributed by atoms with E-state index >= 15 is 0 Å². The number of benzene rings is 2. The standard InChI is InChI=1S/C25H25N3O5/c1-5-22-25(31)27(14-21(29)17-6-9-19(32-4)10-7-17)20-13-18(8-11-23(20)33-22)24(30)28-16(3)12-15(2)26-28/h6-13,22H,5,14H2,1-4H3. The van der Waals surface area contributed by atoms with Gasteiger partial charge in [0.2, 0.25) is 0 Å². The molecular weight excluding hydrogens is 422 g/mol. The highest BCUT2D eigenvalue weighted by Gasteiger charge is 2.35. The van der Waals surface area contributed by atoms with Crippen LogP contribution in [0.15, 0.2) is 48.5 Å². The first-order valence-electron chi connectivity index (χ1n) is 10.7. The third-order valence-corrected chi connectivity index (χ3v) is 5.59. The van der Waals surface area contributed by atoms with Crippen molar-refractivity contribution in [1.29, 1.82) is 0 Å². The zero-order valence-electron chi connectivity index (χ0n) is 19.0. The van der Waals surface area contributed by atoms with Crippen molar-refractivity contribution in [2.75, 3.05) is 18.6 Å². The number of methoxy groups -OCH3 is 1. The van der Waals surface area contributed by atoms with E-state index in [4.69, 9.17) is 9.47 Å². The Balaban J connectivity index is 1.69. The molecule has 0 fully saturated rings. The first-order valence-corrected chi connectivity index (χ1v) is 10.7. The van der Waals surface area contributed by atoms with Gasteiger partial charge in [-0.15, -0.1) is 0 Å². The van der Waals surface area contributed by atoms with Gasteiger partial charge in [0.1, 0.15) is 11.5 Å². The highest BCUT2D eigenvalue weighted by Crippen LogP contribution is 2.36. The van der Waals surface area contributed by atoms with Gasteiger partial charge in [-0.2, -0.15) is 5.10 Å². The first kappa shape index (κ1) is 22.3. The molecule has 0 saturated heterocycles. The topological polar surface area (TPSA) is 90.7 Å². The number of ether oxygens (including phenoxy) is 2. The van der Waals surface area contributed by atoms with Crippen LogP contribution >= 0.6 is 0 Å². The Morgan fingerprint density at radius 1 is 1.06 bits per heavy atom. The first-order chi connectivity index (χ1) is 15.8. The Hall–Kier alpha value is -3.94. The van der Waals surface area contributed by atoms with E-state index in [1.54, 1.807) is 56.5 Å². The number of carbonyl (C=O) groups is 3. The molecule has 0 N–H and O–H groups in total. The fourth-order valence-corrected chi connectivity index (χ4v) is 3.85. The SMILES string of the molecule is CCC1Oc2ccc(C(=O)n3nc(C)cc3C)cc2N(CC(=O)c2ccc(OC)cc2)C1=O. The minimum absolute atomic E-state index is 0.171. The lowest BCUT2D eigenvalue weighted by molar-refractivity contribution is -0.126. The lowest BCUT2D eigenvalue weighted by Crippen LogP contribution is -2.47. The number of fused-ring (bicyclic) bond motifs is 1. The summed E-state index contributed by atoms with van der Waals surface area (Å²) in [6.07, 6.45) is -0.239. The number of ketones is 1. The van der Waals surface area contributed by atoms with Gasteiger partial charge in [-0.05, 0) is 68.8 Å². The molecule has 8 heteroatoms. The van der Waals surface area contributed by atoms with Gasteiger partial charge in [-0.25, -0.2) is 4.68 Å². The van der Waals surface area contributed by atoms with Crippen LogP contribution in [-0.2, 0) is 4.79 Å². The quantitative estimate of drug-likeness (QED) is 0.537. The Labute approximate surface area is 191 Å². The number of hydrogen-bond donors (Lipinski definition) is 0. The van der Waals surface area contributed by atoms with Crippen LogP contribution in [0.3, 0.4) is 0 Å². The summed E-state index contributed by atoms with van der Waals surface area (Å²) in [4.78, 5) is 40.6. The Morgan fingerprint density at radius 2 is 1.76 bits per heavy atom. The molecule has 1 amide bonds. The number of rotatable bonds is 6. The number of amides is 1. The van der Waals surface area contributed by atoms with Gasteiger partial charge in [0.05, 0.1) is 25.0 Å². The predicted molar refractivity (Wildman–Crippen MR) is 122 cm³/mol. The Bertz CT molecular complexity index is 1230. The third-order valence-electron chi connectivity index (χ3n) is 5.59. The molecule has 2 aromatic carbocycles. The number of anilines is 1. The highest BCUT2D eigenvalue weighted by molar-refractivity contribution is 6.09. The van der Waals surface area contributed by atoms with Gasteiger partial charge in [-0.3, -0.25) is 19.3 Å². The molecule has 0 radical (unpaired) electrons. The van der Waals surface area contributed by atoms with Crippen molar-refractivity contribution >= 4 is 23.3 Å². The summed E-state index contributed by atoms with van der Waals surface area (Å²) in [5.74, 6) is 0.216. The molecule has 0 bridgehead atoms. The minimum Gasteiger partial charge on any atom is -0.497 e. The van der Waals surface area contributed by atoms with Crippen molar-refractivity contribution < 1.29 is 23.9 Å². The second kappa shape index (κ2) is 8.90. The molecule has 0 spiro atoms. The molecule has 0 aliphatic carbocycles. The molecule has 1 aliphatic heterocycles. The lowest BCUT2D eigenvalue weighted by Gasteiger charge is -2.34. The summed E-state index contributed by atoms with van der Waals surface area (Å²) in [6.45, 7) is 5.29. The second-order valence-corrected chi connectivity index (χ2v) is 7.92. The van der Waals surface area contributed by atoms with Crippen LogP contribution in [0.2, 0.25) is 0 Å². The number of Topliss-reactive ketones (excluding diaryl/α,β-unsaturated/α-hetero) is 1. The average Bonchev–Trinajstić information content (AvgIpc) is 3.17. The van der Waals surface area contributed by atoms with Crippen LogP contribution in [-0.4, -0.2) is 47.1 Å². The summed E-state index contributed by atoms with van der Waals surface area (Å²) in [5.41, 5.74) is 2.63. The molecule has 3 aromatic rings. The molecule has 0 saturated carbocycles. The smallest absolute Gasteiger partial charge is 0.278 e. The van der Waals surface area contributed by atoms with E-state index in [9.17, 15) is 14.4 Å². The second-order valence-electron chi connectivity index (χ2n) is 7.92. The number of hydrogen-bond acceptors (Lipinski definition) is 6. The van der Waals surface area contributed by atoms with E-state index in [0.717, 1.165) is 5.69 Å². The fourth-order valence-electron chi connectivity index (χ4n) is 3.85. The molecule has 1 atom stereocenters. The van der Waals surface area contributed by atoms with Gasteiger partial charge in [0.25, 0.3) is 11.8 Å². The van der Waals surface area contributed by atoms with Gasteiger partial charge < -0.3 is 9.47 Å². The third kappa shape index (κ3) is 4.24. The summed E-state index contributed by atoms with van der Waals surface area (Å²) < 4.78 is 12.3. The monoisotopic (exact) mass is 447 g/mol. The Kier molecular flexibility index (Phi) is 6.00. The van der Waals surface area contributed by atoms with Crippen LogP contribution in [0.4, 0.5) is 5.69 Å². The summed E-state index contributed by atoms with van der Waals surface area (Å²) in [7, 11) is 1.55. The molecule has 1 aromatic heterocycles. The van der Waals surface area contributed by atoms with E-state index < -0.39 is 6.10 Å². The van der Waals surface area contributed by atoms with Crippen molar-refractivity contribution in [3.63, 3.8) is 0 Å². The fraction of sp³-hybridized carbons (Fsp3) is 0.280. The zero-order chi connectivity index (χ0) is 23.7. The van der Waals surface area contributed by atoms with Gasteiger partial charge in [0, 0.05) is 16.8 Å². The summed E-state index contributed by atoms with van der Waals surface area (Å²) >= 11 is 0. The van der Waals surface area contributed by atoms with E-state index in [1.165, 1.54) is 9.58 Å². The van der Waals surface area contributed by atoms with E-state index in [-0.39, 0.29) is 24.1 Å². The summed E-state index contributed by atoms with van der Waals surface area (Å²) in [5, 5.41) is 4.25. The average molecular weight is 447 g/mol. The van der Waals surface area contributed by atoms with Crippen LogP contribution in [0.1, 0.15) is 45.4 Å². The number of nitrogens with zero attached hydrogens (tertiary/aromatic N) is 3. The van der Waals surface area contributed by atoms with Crippen molar-refractivity contribution in [3.8, 4) is 11.5 Å². The normalized spacial score (nSPS) is 15.1. The minimum atomic E-state index is -0.696. The van der Waals surface area contributed by atoms with Gasteiger partial charge >= 0.3 is 0 Å². The number of carbonyl (C=O) groups excluding carboxylic acids is 3. The number of aryl methyl sites for hydroxylation is 2. The summed E-state index contributed by atoms with van der Waals surface area (Å²) in [6, 6.07) is 13.4. The molecule has 1 unspecified atom stereocenters.